The van der Waals surface area contributed by atoms with Gasteiger partial charge in [0.05, 0.1) is 11.9 Å². The van der Waals surface area contributed by atoms with Crippen molar-refractivity contribution in [1.82, 2.24) is 25.0 Å². The lowest BCUT2D eigenvalue weighted by Gasteiger charge is -2.05. The van der Waals surface area contributed by atoms with Gasteiger partial charge in [0.1, 0.15) is 5.69 Å². The van der Waals surface area contributed by atoms with Crippen molar-refractivity contribution in [3.05, 3.63) is 18.5 Å². The molecule has 0 radical (unpaired) electrons. The maximum atomic E-state index is 4.42. The first-order valence-electron chi connectivity index (χ1n) is 5.81. The third-order valence-electron chi connectivity index (χ3n) is 2.31. The quantitative estimate of drug-likeness (QED) is 0.847. The summed E-state index contributed by atoms with van der Waals surface area (Å²) in [6.45, 7) is 5.76. The average molecular weight is 232 g/mol. The van der Waals surface area contributed by atoms with E-state index in [1.54, 1.807) is 12.4 Å². The van der Waals surface area contributed by atoms with E-state index in [0.29, 0.717) is 5.95 Å². The number of nitrogens with one attached hydrogen (secondary N) is 1. The monoisotopic (exact) mass is 232 g/mol. The number of aryl methyl sites for hydroxylation is 1. The first-order valence-corrected chi connectivity index (χ1v) is 5.81. The summed E-state index contributed by atoms with van der Waals surface area (Å²) in [6.07, 6.45) is 4.48. The zero-order chi connectivity index (χ0) is 12.1. The van der Waals surface area contributed by atoms with Crippen molar-refractivity contribution in [3.63, 3.8) is 0 Å². The van der Waals surface area contributed by atoms with Gasteiger partial charge in [0, 0.05) is 19.3 Å². The van der Waals surface area contributed by atoms with Crippen LogP contribution in [0.25, 0.3) is 11.4 Å². The molecule has 0 aliphatic carbocycles. The number of aromatic nitrogens is 5. The molecule has 1 N–H and O–H groups in total. The Bertz CT molecular complexity index is 478. The summed E-state index contributed by atoms with van der Waals surface area (Å²) in [5.74, 6) is 0.634. The molecule has 17 heavy (non-hydrogen) atoms. The highest BCUT2D eigenvalue weighted by Crippen LogP contribution is 2.16. The maximum absolute atomic E-state index is 4.42. The number of hydrogen-bond acceptors (Lipinski definition) is 5. The standard InChI is InChI=1S/C11H16N6/c1-3-7-17-10(8-14-16-17)9-5-6-13-11(15-9)12-4-2/h5-6,8H,3-4,7H2,1-2H3,(H,12,13,15). The van der Waals surface area contributed by atoms with Gasteiger partial charge in [-0.05, 0) is 19.4 Å². The molecule has 0 saturated heterocycles. The average Bonchev–Trinajstić information content (AvgIpc) is 2.79. The van der Waals surface area contributed by atoms with E-state index in [1.807, 2.05) is 17.7 Å². The molecule has 0 unspecified atom stereocenters. The minimum atomic E-state index is 0.634. The SMILES string of the molecule is CCCn1nncc1-c1ccnc(NCC)n1. The molecule has 2 aromatic heterocycles. The van der Waals surface area contributed by atoms with E-state index in [4.69, 9.17) is 0 Å². The summed E-state index contributed by atoms with van der Waals surface area (Å²) in [4.78, 5) is 8.57. The van der Waals surface area contributed by atoms with Crippen molar-refractivity contribution >= 4 is 5.95 Å². The molecular formula is C11H16N6. The Labute approximate surface area is 100 Å². The molecule has 0 aliphatic heterocycles. The zero-order valence-electron chi connectivity index (χ0n) is 10.1. The summed E-state index contributed by atoms with van der Waals surface area (Å²) in [5, 5.41) is 11.1. The van der Waals surface area contributed by atoms with E-state index < -0.39 is 0 Å². The number of nitrogens with zero attached hydrogens (tertiary/aromatic N) is 5. The molecule has 0 fully saturated rings. The molecule has 6 nitrogen and oxygen atoms in total. The van der Waals surface area contributed by atoms with Gasteiger partial charge in [0.25, 0.3) is 0 Å². The smallest absolute Gasteiger partial charge is 0.223 e. The van der Waals surface area contributed by atoms with Gasteiger partial charge in [-0.2, -0.15) is 0 Å². The summed E-state index contributed by atoms with van der Waals surface area (Å²) < 4.78 is 1.86. The van der Waals surface area contributed by atoms with Gasteiger partial charge in [-0.1, -0.05) is 12.1 Å². The van der Waals surface area contributed by atoms with Crippen molar-refractivity contribution in [1.29, 1.82) is 0 Å². The molecule has 0 saturated carbocycles. The highest BCUT2D eigenvalue weighted by molar-refractivity contribution is 5.54. The molecule has 0 spiro atoms. The van der Waals surface area contributed by atoms with Crippen LogP contribution in [0.2, 0.25) is 0 Å². The summed E-state index contributed by atoms with van der Waals surface area (Å²) in [7, 11) is 0. The van der Waals surface area contributed by atoms with Gasteiger partial charge >= 0.3 is 0 Å². The molecule has 0 amide bonds. The molecule has 2 rings (SSSR count). The van der Waals surface area contributed by atoms with Crippen LogP contribution in [0, 0.1) is 0 Å². The van der Waals surface area contributed by atoms with E-state index >= 15 is 0 Å². The van der Waals surface area contributed by atoms with Crippen LogP contribution in [-0.2, 0) is 6.54 Å². The van der Waals surface area contributed by atoms with Crippen LogP contribution in [0.1, 0.15) is 20.3 Å². The Morgan fingerprint density at radius 1 is 1.35 bits per heavy atom. The molecule has 2 aromatic rings. The Balaban J connectivity index is 2.31. The van der Waals surface area contributed by atoms with E-state index in [1.165, 1.54) is 0 Å². The third kappa shape index (κ3) is 2.58. The third-order valence-corrected chi connectivity index (χ3v) is 2.31. The van der Waals surface area contributed by atoms with Gasteiger partial charge < -0.3 is 5.32 Å². The van der Waals surface area contributed by atoms with Crippen LogP contribution < -0.4 is 5.32 Å². The Morgan fingerprint density at radius 3 is 3.00 bits per heavy atom. The predicted molar refractivity (Wildman–Crippen MR) is 65.5 cm³/mol. The Hall–Kier alpha value is -1.98. The fourth-order valence-electron chi connectivity index (χ4n) is 1.58. The van der Waals surface area contributed by atoms with Gasteiger partial charge in [-0.15, -0.1) is 5.10 Å². The van der Waals surface area contributed by atoms with Crippen LogP contribution in [0.4, 0.5) is 5.95 Å². The first kappa shape index (κ1) is 11.5. The number of hydrogen-bond donors (Lipinski definition) is 1. The molecule has 0 atom stereocenters. The molecule has 0 bridgehead atoms. The van der Waals surface area contributed by atoms with Crippen molar-refractivity contribution in [2.45, 2.75) is 26.8 Å². The minimum absolute atomic E-state index is 0.634. The van der Waals surface area contributed by atoms with Crippen molar-refractivity contribution < 1.29 is 0 Å². The second-order valence-corrected chi connectivity index (χ2v) is 3.64. The molecule has 90 valence electrons. The predicted octanol–water partition coefficient (Wildman–Crippen LogP) is 1.58. The van der Waals surface area contributed by atoms with E-state index in [-0.39, 0.29) is 0 Å². The van der Waals surface area contributed by atoms with E-state index in [0.717, 1.165) is 30.9 Å². The number of rotatable bonds is 5. The lowest BCUT2D eigenvalue weighted by atomic mass is 10.3. The maximum Gasteiger partial charge on any atom is 0.223 e. The fraction of sp³-hybridized carbons (Fsp3) is 0.455. The van der Waals surface area contributed by atoms with Gasteiger partial charge in [-0.25, -0.2) is 14.6 Å². The second kappa shape index (κ2) is 5.38. The number of anilines is 1. The zero-order valence-corrected chi connectivity index (χ0v) is 10.1. The largest absolute Gasteiger partial charge is 0.354 e. The highest BCUT2D eigenvalue weighted by Gasteiger charge is 2.08. The van der Waals surface area contributed by atoms with Crippen LogP contribution in [-0.4, -0.2) is 31.5 Å². The summed E-state index contributed by atoms with van der Waals surface area (Å²) in [5.41, 5.74) is 1.77. The van der Waals surface area contributed by atoms with Crippen molar-refractivity contribution in [3.8, 4) is 11.4 Å². The summed E-state index contributed by atoms with van der Waals surface area (Å²) >= 11 is 0. The lowest BCUT2D eigenvalue weighted by molar-refractivity contribution is 0.583. The summed E-state index contributed by atoms with van der Waals surface area (Å²) in [6, 6.07) is 1.87. The minimum Gasteiger partial charge on any atom is -0.354 e. The van der Waals surface area contributed by atoms with Gasteiger partial charge in [0.15, 0.2) is 0 Å². The molecular weight excluding hydrogens is 216 g/mol. The van der Waals surface area contributed by atoms with Crippen molar-refractivity contribution in [2.24, 2.45) is 0 Å². The Kier molecular flexibility index (Phi) is 3.64. The van der Waals surface area contributed by atoms with Crippen LogP contribution >= 0.6 is 0 Å². The lowest BCUT2D eigenvalue weighted by Crippen LogP contribution is -2.05. The van der Waals surface area contributed by atoms with Crippen LogP contribution in [0.15, 0.2) is 18.5 Å². The molecule has 2 heterocycles. The topological polar surface area (TPSA) is 68.5 Å². The van der Waals surface area contributed by atoms with Crippen molar-refractivity contribution in [2.75, 3.05) is 11.9 Å². The Morgan fingerprint density at radius 2 is 2.24 bits per heavy atom. The van der Waals surface area contributed by atoms with E-state index in [9.17, 15) is 0 Å². The van der Waals surface area contributed by atoms with Gasteiger partial charge in [-0.3, -0.25) is 0 Å². The molecule has 0 aliphatic rings. The van der Waals surface area contributed by atoms with Crippen LogP contribution in [0.5, 0.6) is 0 Å². The second-order valence-electron chi connectivity index (χ2n) is 3.64. The first-order chi connectivity index (χ1) is 8.35. The van der Waals surface area contributed by atoms with Gasteiger partial charge in [0.2, 0.25) is 5.95 Å². The van der Waals surface area contributed by atoms with Crippen LogP contribution in [0.3, 0.4) is 0 Å². The fourth-order valence-corrected chi connectivity index (χ4v) is 1.58. The molecule has 6 heteroatoms. The van der Waals surface area contributed by atoms with E-state index in [2.05, 4.69) is 32.5 Å². The molecule has 0 aromatic carbocycles. The highest BCUT2D eigenvalue weighted by atomic mass is 15.4. The normalized spacial score (nSPS) is 10.5.